The molecule has 1 N–H and O–H groups in total. The predicted octanol–water partition coefficient (Wildman–Crippen LogP) is 5.15. The van der Waals surface area contributed by atoms with Crippen LogP contribution in [0.3, 0.4) is 0 Å². The van der Waals surface area contributed by atoms with E-state index >= 15 is 0 Å². The summed E-state index contributed by atoms with van der Waals surface area (Å²) in [5, 5.41) is 3.49. The second-order valence-corrected chi connectivity index (χ2v) is 11.6. The number of hydrogen-bond donors (Lipinski definition) is 1. The molecule has 2 rings (SSSR count). The highest BCUT2D eigenvalue weighted by Gasteiger charge is 2.29. The third-order valence-corrected chi connectivity index (χ3v) is 7.43. The van der Waals surface area contributed by atoms with Gasteiger partial charge in [-0.05, 0) is 56.5 Å². The zero-order valence-corrected chi connectivity index (χ0v) is 23.4. The minimum Gasteiger partial charge on any atom is -0.352 e. The van der Waals surface area contributed by atoms with Crippen molar-refractivity contribution in [2.75, 3.05) is 17.1 Å². The van der Waals surface area contributed by atoms with Crippen molar-refractivity contribution in [3.8, 4) is 0 Å². The Morgan fingerprint density at radius 3 is 2.24 bits per heavy atom. The minimum atomic E-state index is -3.84. The van der Waals surface area contributed by atoms with Crippen LogP contribution in [0.25, 0.3) is 0 Å². The van der Waals surface area contributed by atoms with E-state index in [0.29, 0.717) is 22.0 Å². The van der Waals surface area contributed by atoms with Crippen LogP contribution in [0, 0.1) is 11.6 Å². The van der Waals surface area contributed by atoms with Gasteiger partial charge in [0.15, 0.2) is 11.6 Å². The van der Waals surface area contributed by atoms with Crippen molar-refractivity contribution < 1.29 is 26.8 Å². The number of amides is 2. The molecule has 0 saturated carbocycles. The topological polar surface area (TPSA) is 86.8 Å². The van der Waals surface area contributed by atoms with E-state index in [1.54, 1.807) is 25.1 Å². The molecule has 1 atom stereocenters. The van der Waals surface area contributed by atoms with Crippen molar-refractivity contribution in [1.82, 2.24) is 10.2 Å². The van der Waals surface area contributed by atoms with Crippen LogP contribution in [-0.2, 0) is 26.2 Å². The van der Waals surface area contributed by atoms with E-state index in [4.69, 9.17) is 23.2 Å². The molecule has 0 bridgehead atoms. The third-order valence-electron chi connectivity index (χ3n) is 5.50. The molecular weight excluding hydrogens is 547 g/mol. The van der Waals surface area contributed by atoms with E-state index < -0.39 is 27.7 Å². The maximum Gasteiger partial charge on any atom is 0.243 e. The quantitative estimate of drug-likeness (QED) is 0.378. The van der Waals surface area contributed by atoms with E-state index in [1.165, 1.54) is 4.90 Å². The maximum atomic E-state index is 13.7. The SMILES string of the molecule is CC[C@@H](C(=O)NC(C)C)N(Cc1ccc(Cl)c(Cl)c1)C(=O)CCCN(c1ccc(F)c(F)c1)S(C)(=O)=O. The van der Waals surface area contributed by atoms with Crippen LogP contribution < -0.4 is 9.62 Å². The molecule has 0 fully saturated rings. The first kappa shape index (κ1) is 30.8. The molecule has 0 spiro atoms. The van der Waals surface area contributed by atoms with E-state index in [1.807, 2.05) is 13.8 Å². The molecule has 0 heterocycles. The summed E-state index contributed by atoms with van der Waals surface area (Å²) in [5.41, 5.74) is 0.613. The summed E-state index contributed by atoms with van der Waals surface area (Å²) in [6, 6.07) is 6.79. The van der Waals surface area contributed by atoms with E-state index in [2.05, 4.69) is 5.32 Å². The maximum absolute atomic E-state index is 13.7. The lowest BCUT2D eigenvalue weighted by molar-refractivity contribution is -0.141. The minimum absolute atomic E-state index is 0.0516. The Morgan fingerprint density at radius 1 is 1.03 bits per heavy atom. The lowest BCUT2D eigenvalue weighted by Gasteiger charge is -2.31. The van der Waals surface area contributed by atoms with Crippen molar-refractivity contribution >= 4 is 50.7 Å². The Kier molecular flexibility index (Phi) is 11.1. The molecule has 2 aromatic carbocycles. The number of nitrogens with zero attached hydrogens (tertiary/aromatic N) is 2. The Labute approximate surface area is 226 Å². The Balaban J connectivity index is 2.26. The molecule has 2 amide bonds. The predicted molar refractivity (Wildman–Crippen MR) is 142 cm³/mol. The molecule has 37 heavy (non-hydrogen) atoms. The summed E-state index contributed by atoms with van der Waals surface area (Å²) in [6.07, 6.45) is 1.26. The lowest BCUT2D eigenvalue weighted by atomic mass is 10.1. The van der Waals surface area contributed by atoms with Crippen molar-refractivity contribution in [3.05, 3.63) is 63.6 Å². The molecule has 0 radical (unpaired) electrons. The fourth-order valence-electron chi connectivity index (χ4n) is 3.78. The second kappa shape index (κ2) is 13.4. The number of rotatable bonds is 12. The number of nitrogens with one attached hydrogen (secondary N) is 1. The standard InChI is InChI=1S/C25H31Cl2F2N3O4S/c1-5-23(25(34)30-16(2)3)31(15-17-8-10-19(26)20(27)13-17)24(33)7-6-12-32(37(4,35)36)18-9-11-21(28)22(29)14-18/h8-11,13-14,16,23H,5-7,12,15H2,1-4H3,(H,30,34)/t23-/m0/s1. The lowest BCUT2D eigenvalue weighted by Crippen LogP contribution is -2.50. The Morgan fingerprint density at radius 2 is 1.70 bits per heavy atom. The van der Waals surface area contributed by atoms with E-state index in [-0.39, 0.29) is 49.5 Å². The van der Waals surface area contributed by atoms with Gasteiger partial charge in [-0.15, -0.1) is 0 Å². The Hall–Kier alpha value is -2.43. The first-order valence-electron chi connectivity index (χ1n) is 11.7. The molecule has 0 aromatic heterocycles. The van der Waals surface area contributed by atoms with Crippen LogP contribution in [0.4, 0.5) is 14.5 Å². The van der Waals surface area contributed by atoms with Crippen LogP contribution in [0.2, 0.25) is 10.0 Å². The van der Waals surface area contributed by atoms with Gasteiger partial charge >= 0.3 is 0 Å². The number of halogens is 4. The highest BCUT2D eigenvalue weighted by molar-refractivity contribution is 7.92. The Bertz CT molecular complexity index is 1230. The number of carbonyl (C=O) groups excluding carboxylic acids is 2. The van der Waals surface area contributed by atoms with Crippen molar-refractivity contribution in [3.63, 3.8) is 0 Å². The normalized spacial score (nSPS) is 12.4. The zero-order chi connectivity index (χ0) is 27.9. The monoisotopic (exact) mass is 577 g/mol. The van der Waals surface area contributed by atoms with Gasteiger partial charge in [0.2, 0.25) is 21.8 Å². The molecule has 7 nitrogen and oxygen atoms in total. The summed E-state index contributed by atoms with van der Waals surface area (Å²) in [6.45, 7) is 5.35. The summed E-state index contributed by atoms with van der Waals surface area (Å²) < 4.78 is 52.6. The number of hydrogen-bond acceptors (Lipinski definition) is 4. The van der Waals surface area contributed by atoms with E-state index in [0.717, 1.165) is 28.8 Å². The van der Waals surface area contributed by atoms with Crippen molar-refractivity contribution in [1.29, 1.82) is 0 Å². The van der Waals surface area contributed by atoms with Gasteiger partial charge in [0.05, 0.1) is 22.0 Å². The highest BCUT2D eigenvalue weighted by Crippen LogP contribution is 2.25. The van der Waals surface area contributed by atoms with Crippen molar-refractivity contribution in [2.45, 2.75) is 58.7 Å². The van der Waals surface area contributed by atoms with Gasteiger partial charge in [-0.1, -0.05) is 36.2 Å². The first-order valence-corrected chi connectivity index (χ1v) is 14.3. The van der Waals surface area contributed by atoms with Gasteiger partial charge in [0.25, 0.3) is 0 Å². The zero-order valence-electron chi connectivity index (χ0n) is 21.1. The summed E-state index contributed by atoms with van der Waals surface area (Å²) >= 11 is 12.1. The molecule has 204 valence electrons. The van der Waals surface area contributed by atoms with E-state index in [9.17, 15) is 26.8 Å². The number of anilines is 1. The van der Waals surface area contributed by atoms with Gasteiger partial charge in [0.1, 0.15) is 6.04 Å². The molecule has 12 heteroatoms. The van der Waals surface area contributed by atoms with Crippen LogP contribution >= 0.6 is 23.2 Å². The van der Waals surface area contributed by atoms with Gasteiger partial charge in [-0.2, -0.15) is 0 Å². The van der Waals surface area contributed by atoms with Crippen LogP contribution in [0.15, 0.2) is 36.4 Å². The second-order valence-electron chi connectivity index (χ2n) is 8.89. The van der Waals surface area contributed by atoms with Gasteiger partial charge in [0, 0.05) is 31.6 Å². The fraction of sp³-hybridized carbons (Fsp3) is 0.440. The number of sulfonamides is 1. The van der Waals surface area contributed by atoms with Crippen LogP contribution in [0.1, 0.15) is 45.6 Å². The van der Waals surface area contributed by atoms with Gasteiger partial charge < -0.3 is 10.2 Å². The molecule has 0 saturated heterocycles. The van der Waals surface area contributed by atoms with Crippen LogP contribution in [-0.4, -0.2) is 50.0 Å². The highest BCUT2D eigenvalue weighted by atomic mass is 35.5. The summed E-state index contributed by atoms with van der Waals surface area (Å²) in [5.74, 6) is -2.98. The van der Waals surface area contributed by atoms with Crippen LogP contribution in [0.5, 0.6) is 0 Å². The third kappa shape index (κ3) is 8.83. The number of carbonyl (C=O) groups is 2. The van der Waals surface area contributed by atoms with Gasteiger partial charge in [-0.3, -0.25) is 13.9 Å². The fourth-order valence-corrected chi connectivity index (χ4v) is 5.06. The number of benzene rings is 2. The molecule has 2 aromatic rings. The average molecular weight is 579 g/mol. The summed E-state index contributed by atoms with van der Waals surface area (Å²) in [4.78, 5) is 27.7. The molecule has 0 aliphatic carbocycles. The molecule has 0 aliphatic rings. The average Bonchev–Trinajstić information content (AvgIpc) is 2.79. The summed E-state index contributed by atoms with van der Waals surface area (Å²) in [7, 11) is -3.84. The first-order chi connectivity index (χ1) is 17.2. The smallest absolute Gasteiger partial charge is 0.243 e. The molecular formula is C25H31Cl2F2N3O4S. The van der Waals surface area contributed by atoms with Gasteiger partial charge in [-0.25, -0.2) is 17.2 Å². The largest absolute Gasteiger partial charge is 0.352 e. The molecule has 0 unspecified atom stereocenters. The molecule has 0 aliphatic heterocycles. The van der Waals surface area contributed by atoms with Crippen molar-refractivity contribution in [2.24, 2.45) is 0 Å².